The second-order valence-electron chi connectivity index (χ2n) is 3.92. The Hall–Kier alpha value is -0.910. The summed E-state index contributed by atoms with van der Waals surface area (Å²) in [6.07, 6.45) is 1.01. The third kappa shape index (κ3) is 2.86. The third-order valence-corrected chi connectivity index (χ3v) is 3.10. The van der Waals surface area contributed by atoms with Crippen LogP contribution in [-0.4, -0.2) is 45.3 Å². The van der Waals surface area contributed by atoms with Gasteiger partial charge in [0.1, 0.15) is 0 Å². The van der Waals surface area contributed by atoms with Gasteiger partial charge in [0.15, 0.2) is 10.3 Å². The molecule has 1 aliphatic rings. The van der Waals surface area contributed by atoms with Crippen LogP contribution < -0.4 is 0 Å². The van der Waals surface area contributed by atoms with Crippen LogP contribution >= 0.6 is 23.2 Å². The SMILES string of the molecule is O=C(c1cc(Cl)nnc1Cl)N1CCC[C@H](O)C1. The van der Waals surface area contributed by atoms with E-state index in [1.807, 2.05) is 0 Å². The number of rotatable bonds is 1. The highest BCUT2D eigenvalue weighted by molar-refractivity contribution is 6.34. The molecule has 0 saturated carbocycles. The number of β-amino-alcohol motifs (C(OH)–C–C–N with tert-alkyl or cyclic N) is 1. The number of halogens is 2. The van der Waals surface area contributed by atoms with Crippen molar-refractivity contribution in [3.63, 3.8) is 0 Å². The first-order valence-electron chi connectivity index (χ1n) is 5.24. The molecule has 7 heteroatoms. The van der Waals surface area contributed by atoms with Crippen molar-refractivity contribution in [2.75, 3.05) is 13.1 Å². The largest absolute Gasteiger partial charge is 0.391 e. The van der Waals surface area contributed by atoms with E-state index in [9.17, 15) is 9.90 Å². The lowest BCUT2D eigenvalue weighted by Crippen LogP contribution is -2.42. The molecule has 1 saturated heterocycles. The summed E-state index contributed by atoms with van der Waals surface area (Å²) >= 11 is 11.5. The summed E-state index contributed by atoms with van der Waals surface area (Å²) in [4.78, 5) is 13.7. The van der Waals surface area contributed by atoms with Crippen molar-refractivity contribution >= 4 is 29.1 Å². The quantitative estimate of drug-likeness (QED) is 0.841. The molecule has 92 valence electrons. The van der Waals surface area contributed by atoms with E-state index in [0.717, 1.165) is 6.42 Å². The number of piperidine rings is 1. The molecule has 1 fully saturated rings. The molecule has 1 aliphatic heterocycles. The predicted molar refractivity (Wildman–Crippen MR) is 63.2 cm³/mol. The van der Waals surface area contributed by atoms with Crippen LogP contribution in [0.1, 0.15) is 23.2 Å². The molecule has 0 bridgehead atoms. The van der Waals surface area contributed by atoms with Crippen LogP contribution in [0.15, 0.2) is 6.07 Å². The van der Waals surface area contributed by atoms with Crippen LogP contribution in [0.3, 0.4) is 0 Å². The van der Waals surface area contributed by atoms with Crippen molar-refractivity contribution in [2.45, 2.75) is 18.9 Å². The average Bonchev–Trinajstić information content (AvgIpc) is 2.31. The van der Waals surface area contributed by atoms with E-state index >= 15 is 0 Å². The summed E-state index contributed by atoms with van der Waals surface area (Å²) in [5.41, 5.74) is 0.223. The molecule has 1 amide bonds. The van der Waals surface area contributed by atoms with E-state index in [4.69, 9.17) is 23.2 Å². The van der Waals surface area contributed by atoms with E-state index < -0.39 is 6.10 Å². The second kappa shape index (κ2) is 5.16. The van der Waals surface area contributed by atoms with Crippen molar-refractivity contribution in [3.05, 3.63) is 21.9 Å². The zero-order valence-electron chi connectivity index (χ0n) is 8.94. The highest BCUT2D eigenvalue weighted by Gasteiger charge is 2.25. The van der Waals surface area contributed by atoms with Crippen molar-refractivity contribution < 1.29 is 9.90 Å². The first kappa shape index (κ1) is 12.5. The van der Waals surface area contributed by atoms with Gasteiger partial charge in [-0.15, -0.1) is 10.2 Å². The maximum atomic E-state index is 12.1. The maximum Gasteiger partial charge on any atom is 0.257 e. The van der Waals surface area contributed by atoms with Gasteiger partial charge < -0.3 is 10.0 Å². The fourth-order valence-corrected chi connectivity index (χ4v) is 2.13. The smallest absolute Gasteiger partial charge is 0.257 e. The van der Waals surface area contributed by atoms with E-state index in [1.165, 1.54) is 6.07 Å². The molecule has 17 heavy (non-hydrogen) atoms. The normalized spacial score (nSPS) is 20.4. The van der Waals surface area contributed by atoms with Gasteiger partial charge in [0.25, 0.3) is 5.91 Å². The number of carbonyl (C=O) groups is 1. The van der Waals surface area contributed by atoms with E-state index in [2.05, 4.69) is 10.2 Å². The monoisotopic (exact) mass is 275 g/mol. The van der Waals surface area contributed by atoms with Crippen molar-refractivity contribution in [2.24, 2.45) is 0 Å². The first-order chi connectivity index (χ1) is 8.08. The zero-order valence-corrected chi connectivity index (χ0v) is 10.4. The standard InChI is InChI=1S/C10H11Cl2N3O2/c11-8-4-7(9(12)14-13-8)10(17)15-3-1-2-6(16)5-15/h4,6,16H,1-3,5H2/t6-/m0/s1. The lowest BCUT2D eigenvalue weighted by atomic mass is 10.1. The summed E-state index contributed by atoms with van der Waals surface area (Å²) in [7, 11) is 0. The van der Waals surface area contributed by atoms with Gasteiger partial charge in [-0.3, -0.25) is 4.79 Å². The van der Waals surface area contributed by atoms with Gasteiger partial charge in [0.2, 0.25) is 0 Å². The number of aromatic nitrogens is 2. The molecule has 0 radical (unpaired) electrons. The molecule has 0 aromatic carbocycles. The van der Waals surface area contributed by atoms with Crippen molar-refractivity contribution in [1.82, 2.24) is 15.1 Å². The molecular weight excluding hydrogens is 265 g/mol. The van der Waals surface area contributed by atoms with Crippen LogP contribution in [0.5, 0.6) is 0 Å². The minimum Gasteiger partial charge on any atom is -0.391 e. The zero-order chi connectivity index (χ0) is 12.4. The minimum atomic E-state index is -0.475. The number of likely N-dealkylation sites (tertiary alicyclic amines) is 1. The molecule has 1 aromatic rings. The molecule has 1 atom stereocenters. The summed E-state index contributed by atoms with van der Waals surface area (Å²) in [6.45, 7) is 0.918. The van der Waals surface area contributed by atoms with Gasteiger partial charge in [-0.25, -0.2) is 0 Å². The van der Waals surface area contributed by atoms with Gasteiger partial charge in [-0.05, 0) is 18.9 Å². The first-order valence-corrected chi connectivity index (χ1v) is 5.99. The van der Waals surface area contributed by atoms with Gasteiger partial charge in [-0.1, -0.05) is 23.2 Å². The predicted octanol–water partition coefficient (Wildman–Crippen LogP) is 1.38. The maximum absolute atomic E-state index is 12.1. The Balaban J connectivity index is 2.21. The molecule has 2 heterocycles. The van der Waals surface area contributed by atoms with Crippen LogP contribution in [-0.2, 0) is 0 Å². The Morgan fingerprint density at radius 2 is 2.24 bits per heavy atom. The summed E-state index contributed by atoms with van der Waals surface area (Å²) < 4.78 is 0. The summed E-state index contributed by atoms with van der Waals surface area (Å²) in [6, 6.07) is 1.39. The molecule has 1 N–H and O–H groups in total. The Morgan fingerprint density at radius 3 is 2.94 bits per heavy atom. The van der Waals surface area contributed by atoms with Crippen LogP contribution in [0, 0.1) is 0 Å². The molecule has 5 nitrogen and oxygen atoms in total. The number of nitrogens with zero attached hydrogens (tertiary/aromatic N) is 3. The van der Waals surface area contributed by atoms with Crippen molar-refractivity contribution in [3.8, 4) is 0 Å². The molecule has 0 spiro atoms. The van der Waals surface area contributed by atoms with Gasteiger partial charge in [0, 0.05) is 13.1 Å². The number of aliphatic hydroxyl groups excluding tert-OH is 1. The molecule has 2 rings (SSSR count). The number of hydrogen-bond donors (Lipinski definition) is 1. The van der Waals surface area contributed by atoms with E-state index in [0.29, 0.717) is 19.5 Å². The molecule has 0 aliphatic carbocycles. The molecular formula is C10H11Cl2N3O2. The Kier molecular flexibility index (Phi) is 3.81. The topological polar surface area (TPSA) is 66.3 Å². The number of hydrogen-bond acceptors (Lipinski definition) is 4. The van der Waals surface area contributed by atoms with Gasteiger partial charge >= 0.3 is 0 Å². The Labute approximate surface area is 108 Å². The number of aliphatic hydroxyl groups is 1. The van der Waals surface area contributed by atoms with Crippen LogP contribution in [0.25, 0.3) is 0 Å². The fraction of sp³-hybridized carbons (Fsp3) is 0.500. The Bertz CT molecular complexity index is 442. The van der Waals surface area contributed by atoms with Gasteiger partial charge in [-0.2, -0.15) is 0 Å². The van der Waals surface area contributed by atoms with E-state index in [-0.39, 0.29) is 21.8 Å². The lowest BCUT2D eigenvalue weighted by Gasteiger charge is -2.30. The van der Waals surface area contributed by atoms with Gasteiger partial charge in [0.05, 0.1) is 11.7 Å². The second-order valence-corrected chi connectivity index (χ2v) is 4.66. The molecule has 0 unspecified atom stereocenters. The average molecular weight is 276 g/mol. The van der Waals surface area contributed by atoms with E-state index in [1.54, 1.807) is 4.90 Å². The summed E-state index contributed by atoms with van der Waals surface area (Å²) in [5.74, 6) is -0.273. The lowest BCUT2D eigenvalue weighted by molar-refractivity contribution is 0.0473. The fourth-order valence-electron chi connectivity index (χ4n) is 1.81. The number of carbonyl (C=O) groups excluding carboxylic acids is 1. The van der Waals surface area contributed by atoms with Crippen molar-refractivity contribution in [1.29, 1.82) is 0 Å². The molecule has 1 aromatic heterocycles. The summed E-state index contributed by atoms with van der Waals surface area (Å²) in [5, 5.41) is 16.8. The minimum absolute atomic E-state index is 0.0273. The Morgan fingerprint density at radius 1 is 1.47 bits per heavy atom. The number of amides is 1. The highest BCUT2D eigenvalue weighted by atomic mass is 35.5. The van der Waals surface area contributed by atoms with Crippen LogP contribution in [0.4, 0.5) is 0 Å². The highest BCUT2D eigenvalue weighted by Crippen LogP contribution is 2.20. The third-order valence-electron chi connectivity index (χ3n) is 2.63. The van der Waals surface area contributed by atoms with Crippen LogP contribution in [0.2, 0.25) is 10.3 Å².